The largest absolute Gasteiger partial charge is 0.479 e. The van der Waals surface area contributed by atoms with E-state index < -0.39 is 11.8 Å². The van der Waals surface area contributed by atoms with Gasteiger partial charge in [0.15, 0.2) is 18.2 Å². The molecule has 0 atom stereocenters. The third-order valence-corrected chi connectivity index (χ3v) is 3.03. The SMILES string of the molecule is O=C(COc1ccccc1F)OC1CCCCC1. The minimum Gasteiger partial charge on any atom is -0.479 e. The fourth-order valence-corrected chi connectivity index (χ4v) is 2.10. The Balaban J connectivity index is 1.76. The van der Waals surface area contributed by atoms with Gasteiger partial charge in [0.2, 0.25) is 0 Å². The van der Waals surface area contributed by atoms with Gasteiger partial charge >= 0.3 is 5.97 Å². The predicted molar refractivity (Wildman–Crippen MR) is 64.9 cm³/mol. The first-order valence-corrected chi connectivity index (χ1v) is 6.32. The second kappa shape index (κ2) is 6.38. The van der Waals surface area contributed by atoms with E-state index in [0.717, 1.165) is 25.7 Å². The van der Waals surface area contributed by atoms with Gasteiger partial charge in [-0.05, 0) is 37.8 Å². The van der Waals surface area contributed by atoms with Crippen molar-refractivity contribution in [3.63, 3.8) is 0 Å². The van der Waals surface area contributed by atoms with Crippen molar-refractivity contribution in [2.24, 2.45) is 0 Å². The first-order chi connectivity index (χ1) is 8.75. The number of hydrogen-bond donors (Lipinski definition) is 0. The highest BCUT2D eigenvalue weighted by molar-refractivity contribution is 5.71. The normalized spacial score (nSPS) is 16.3. The second-order valence-electron chi connectivity index (χ2n) is 4.47. The van der Waals surface area contributed by atoms with Crippen LogP contribution < -0.4 is 4.74 Å². The molecule has 0 aromatic heterocycles. The molecule has 0 saturated heterocycles. The fourth-order valence-electron chi connectivity index (χ4n) is 2.10. The van der Waals surface area contributed by atoms with Crippen LogP contribution in [0.5, 0.6) is 5.75 Å². The first kappa shape index (κ1) is 12.9. The summed E-state index contributed by atoms with van der Waals surface area (Å²) in [6, 6.07) is 6.01. The van der Waals surface area contributed by atoms with E-state index in [2.05, 4.69) is 0 Å². The van der Waals surface area contributed by atoms with Crippen LogP contribution >= 0.6 is 0 Å². The Morgan fingerprint density at radius 1 is 1.22 bits per heavy atom. The van der Waals surface area contributed by atoms with Crippen LogP contribution in [0, 0.1) is 5.82 Å². The summed E-state index contributed by atoms with van der Waals surface area (Å²) < 4.78 is 23.6. The van der Waals surface area contributed by atoms with Crippen LogP contribution in [-0.2, 0) is 9.53 Å². The monoisotopic (exact) mass is 252 g/mol. The van der Waals surface area contributed by atoms with Gasteiger partial charge in [0.25, 0.3) is 0 Å². The Bertz CT molecular complexity index is 400. The number of rotatable bonds is 4. The number of hydrogen-bond acceptors (Lipinski definition) is 3. The van der Waals surface area contributed by atoms with Crippen LogP contribution in [0.25, 0.3) is 0 Å². The lowest BCUT2D eigenvalue weighted by molar-refractivity contribution is -0.152. The van der Waals surface area contributed by atoms with Gasteiger partial charge in [-0.2, -0.15) is 0 Å². The van der Waals surface area contributed by atoms with Gasteiger partial charge in [-0.25, -0.2) is 9.18 Å². The molecular formula is C14H17FO3. The van der Waals surface area contributed by atoms with E-state index in [-0.39, 0.29) is 18.5 Å². The van der Waals surface area contributed by atoms with Crippen LogP contribution in [0.3, 0.4) is 0 Å². The molecule has 0 bridgehead atoms. The Kier molecular flexibility index (Phi) is 4.56. The first-order valence-electron chi connectivity index (χ1n) is 6.32. The second-order valence-corrected chi connectivity index (χ2v) is 4.47. The maximum atomic E-state index is 13.2. The zero-order valence-electron chi connectivity index (χ0n) is 10.2. The summed E-state index contributed by atoms with van der Waals surface area (Å²) >= 11 is 0. The molecule has 1 aliphatic carbocycles. The number of carbonyl (C=O) groups is 1. The van der Waals surface area contributed by atoms with Gasteiger partial charge in [0.05, 0.1) is 0 Å². The lowest BCUT2D eigenvalue weighted by Crippen LogP contribution is -2.24. The van der Waals surface area contributed by atoms with Gasteiger partial charge in [0.1, 0.15) is 6.10 Å². The highest BCUT2D eigenvalue weighted by Gasteiger charge is 2.18. The van der Waals surface area contributed by atoms with E-state index in [1.165, 1.54) is 18.6 Å². The van der Waals surface area contributed by atoms with Crippen molar-refractivity contribution in [2.75, 3.05) is 6.61 Å². The molecule has 4 heteroatoms. The van der Waals surface area contributed by atoms with E-state index in [1.807, 2.05) is 0 Å². The van der Waals surface area contributed by atoms with Gasteiger partial charge < -0.3 is 9.47 Å². The summed E-state index contributed by atoms with van der Waals surface area (Å²) in [4.78, 5) is 11.5. The van der Waals surface area contributed by atoms with Crippen molar-refractivity contribution in [3.05, 3.63) is 30.1 Å². The van der Waals surface area contributed by atoms with Crippen molar-refractivity contribution in [1.82, 2.24) is 0 Å². The third-order valence-electron chi connectivity index (χ3n) is 3.03. The quantitative estimate of drug-likeness (QED) is 0.772. The van der Waals surface area contributed by atoms with E-state index in [4.69, 9.17) is 9.47 Å². The molecule has 2 rings (SSSR count). The zero-order valence-corrected chi connectivity index (χ0v) is 10.2. The Morgan fingerprint density at radius 2 is 1.94 bits per heavy atom. The lowest BCUT2D eigenvalue weighted by atomic mass is 9.98. The molecule has 1 aromatic carbocycles. The fraction of sp³-hybridized carbons (Fsp3) is 0.500. The number of esters is 1. The molecule has 18 heavy (non-hydrogen) atoms. The van der Waals surface area contributed by atoms with Crippen molar-refractivity contribution in [1.29, 1.82) is 0 Å². The molecule has 1 aromatic rings. The third kappa shape index (κ3) is 3.72. The summed E-state index contributed by atoms with van der Waals surface area (Å²) in [5.74, 6) is -0.814. The maximum absolute atomic E-state index is 13.2. The van der Waals surface area contributed by atoms with E-state index in [0.29, 0.717) is 0 Å². The molecule has 0 aliphatic heterocycles. The molecule has 1 fully saturated rings. The number of benzene rings is 1. The van der Waals surface area contributed by atoms with Crippen molar-refractivity contribution < 1.29 is 18.7 Å². The Hall–Kier alpha value is -1.58. The van der Waals surface area contributed by atoms with Crippen molar-refractivity contribution in [3.8, 4) is 5.75 Å². The minimum absolute atomic E-state index is 0.00969. The maximum Gasteiger partial charge on any atom is 0.344 e. The predicted octanol–water partition coefficient (Wildman–Crippen LogP) is 3.08. The van der Waals surface area contributed by atoms with E-state index >= 15 is 0 Å². The average Bonchev–Trinajstić information content (AvgIpc) is 2.39. The average molecular weight is 252 g/mol. The molecule has 0 spiro atoms. The summed E-state index contributed by atoms with van der Waals surface area (Å²) in [5, 5.41) is 0. The minimum atomic E-state index is -0.469. The summed E-state index contributed by atoms with van der Waals surface area (Å²) in [6.45, 7) is -0.239. The molecule has 0 N–H and O–H groups in total. The highest BCUT2D eigenvalue weighted by Crippen LogP contribution is 2.20. The standard InChI is InChI=1S/C14H17FO3/c15-12-8-4-5-9-13(12)17-10-14(16)18-11-6-2-1-3-7-11/h4-5,8-9,11H,1-3,6-7,10H2. The Morgan fingerprint density at radius 3 is 2.67 bits per heavy atom. The zero-order chi connectivity index (χ0) is 12.8. The number of para-hydroxylation sites is 1. The number of halogens is 1. The van der Waals surface area contributed by atoms with Crippen LogP contribution in [0.4, 0.5) is 4.39 Å². The summed E-state index contributed by atoms with van der Waals surface area (Å²) in [7, 11) is 0. The topological polar surface area (TPSA) is 35.5 Å². The van der Waals surface area contributed by atoms with Gasteiger partial charge in [-0.3, -0.25) is 0 Å². The van der Waals surface area contributed by atoms with Gasteiger partial charge in [-0.15, -0.1) is 0 Å². The Labute approximate surface area is 106 Å². The van der Waals surface area contributed by atoms with Crippen LogP contribution in [0.2, 0.25) is 0 Å². The van der Waals surface area contributed by atoms with Gasteiger partial charge in [-0.1, -0.05) is 18.6 Å². The molecular weight excluding hydrogens is 235 g/mol. The van der Waals surface area contributed by atoms with Crippen LogP contribution in [0.15, 0.2) is 24.3 Å². The molecule has 0 unspecified atom stereocenters. The smallest absolute Gasteiger partial charge is 0.344 e. The van der Waals surface area contributed by atoms with Crippen molar-refractivity contribution >= 4 is 5.97 Å². The number of ether oxygens (including phenoxy) is 2. The summed E-state index contributed by atoms with van der Waals surface area (Å²) in [5.41, 5.74) is 0. The molecule has 0 radical (unpaired) electrons. The number of carbonyl (C=O) groups excluding carboxylic acids is 1. The lowest BCUT2D eigenvalue weighted by Gasteiger charge is -2.21. The van der Waals surface area contributed by atoms with E-state index in [1.54, 1.807) is 12.1 Å². The highest BCUT2D eigenvalue weighted by atomic mass is 19.1. The summed E-state index contributed by atoms with van der Waals surface area (Å²) in [6.07, 6.45) is 5.27. The van der Waals surface area contributed by atoms with Crippen LogP contribution in [0.1, 0.15) is 32.1 Å². The molecule has 0 amide bonds. The molecule has 98 valence electrons. The van der Waals surface area contributed by atoms with E-state index in [9.17, 15) is 9.18 Å². The van der Waals surface area contributed by atoms with Crippen LogP contribution in [-0.4, -0.2) is 18.7 Å². The van der Waals surface area contributed by atoms with Gasteiger partial charge in [0, 0.05) is 0 Å². The molecule has 0 heterocycles. The molecule has 1 aliphatic rings. The van der Waals surface area contributed by atoms with Crippen molar-refractivity contribution in [2.45, 2.75) is 38.2 Å². The molecule has 1 saturated carbocycles. The molecule has 3 nitrogen and oxygen atoms in total.